The third-order valence-electron chi connectivity index (χ3n) is 5.63. The monoisotopic (exact) mass is 265 g/mol. The summed E-state index contributed by atoms with van der Waals surface area (Å²) in [4.78, 5) is 5.57. The Kier molecular flexibility index (Phi) is 4.45. The van der Waals surface area contributed by atoms with Crippen molar-refractivity contribution in [2.75, 3.05) is 32.7 Å². The summed E-state index contributed by atoms with van der Waals surface area (Å²) in [5, 5.41) is 3.74. The average molecular weight is 265 g/mol. The Morgan fingerprint density at radius 3 is 2.58 bits per heavy atom. The van der Waals surface area contributed by atoms with Crippen LogP contribution < -0.4 is 5.32 Å². The molecule has 0 amide bonds. The van der Waals surface area contributed by atoms with Crippen molar-refractivity contribution < 1.29 is 0 Å². The summed E-state index contributed by atoms with van der Waals surface area (Å²) in [6.07, 6.45) is 6.92. The Bertz CT molecular complexity index is 294. The highest BCUT2D eigenvalue weighted by Gasteiger charge is 2.41. The number of likely N-dealkylation sites (tertiary alicyclic amines) is 1. The van der Waals surface area contributed by atoms with E-state index in [2.05, 4.69) is 29.0 Å². The molecule has 3 aliphatic rings. The fourth-order valence-corrected chi connectivity index (χ4v) is 4.59. The number of piperidine rings is 1. The number of fused-ring (bicyclic) bond motifs is 1. The minimum absolute atomic E-state index is 0.761. The lowest BCUT2D eigenvalue weighted by atomic mass is 9.91. The van der Waals surface area contributed by atoms with Gasteiger partial charge in [-0.2, -0.15) is 0 Å². The topological polar surface area (TPSA) is 18.5 Å². The van der Waals surface area contributed by atoms with E-state index < -0.39 is 0 Å². The zero-order chi connectivity index (χ0) is 13.2. The zero-order valence-corrected chi connectivity index (χ0v) is 12.8. The third-order valence-corrected chi connectivity index (χ3v) is 5.63. The summed E-state index contributed by atoms with van der Waals surface area (Å²) >= 11 is 0. The van der Waals surface area contributed by atoms with Gasteiger partial charge in [-0.1, -0.05) is 13.8 Å². The lowest BCUT2D eigenvalue weighted by molar-refractivity contribution is 0.0879. The number of nitrogens with one attached hydrogen (secondary N) is 1. The predicted molar refractivity (Wildman–Crippen MR) is 80.4 cm³/mol. The fourth-order valence-electron chi connectivity index (χ4n) is 4.59. The highest BCUT2D eigenvalue weighted by molar-refractivity contribution is 4.98. The van der Waals surface area contributed by atoms with Crippen molar-refractivity contribution >= 4 is 0 Å². The molecule has 4 atom stereocenters. The minimum atomic E-state index is 0.761. The quantitative estimate of drug-likeness (QED) is 0.838. The molecule has 0 bridgehead atoms. The van der Waals surface area contributed by atoms with Crippen molar-refractivity contribution in [1.29, 1.82) is 0 Å². The van der Waals surface area contributed by atoms with Crippen molar-refractivity contribution in [2.24, 2.45) is 5.92 Å². The second-order valence-electron chi connectivity index (χ2n) is 6.92. The molecular formula is C16H31N3. The van der Waals surface area contributed by atoms with Gasteiger partial charge >= 0.3 is 0 Å². The van der Waals surface area contributed by atoms with Crippen molar-refractivity contribution in [3.63, 3.8) is 0 Å². The van der Waals surface area contributed by atoms with E-state index in [9.17, 15) is 0 Å². The smallest absolute Gasteiger partial charge is 0.0263 e. The van der Waals surface area contributed by atoms with Gasteiger partial charge in [0.15, 0.2) is 0 Å². The predicted octanol–water partition coefficient (Wildman–Crippen LogP) is 1.93. The molecule has 110 valence electrons. The van der Waals surface area contributed by atoms with Crippen LogP contribution in [0.2, 0.25) is 0 Å². The van der Waals surface area contributed by atoms with E-state index in [0.29, 0.717) is 0 Å². The van der Waals surface area contributed by atoms with Crippen LogP contribution in [0.3, 0.4) is 0 Å². The Balaban J connectivity index is 1.54. The van der Waals surface area contributed by atoms with E-state index in [1.807, 2.05) is 0 Å². The van der Waals surface area contributed by atoms with Crippen molar-refractivity contribution in [3.05, 3.63) is 0 Å². The minimum Gasteiger partial charge on any atom is -0.314 e. The van der Waals surface area contributed by atoms with Crippen molar-refractivity contribution in [2.45, 2.75) is 64.1 Å². The Morgan fingerprint density at radius 2 is 1.79 bits per heavy atom. The van der Waals surface area contributed by atoms with E-state index in [4.69, 9.17) is 0 Å². The molecule has 3 heteroatoms. The first-order chi connectivity index (χ1) is 9.29. The first-order valence-corrected chi connectivity index (χ1v) is 8.51. The molecule has 0 saturated carbocycles. The molecule has 3 aliphatic heterocycles. The lowest BCUT2D eigenvalue weighted by Crippen LogP contribution is -2.53. The highest BCUT2D eigenvalue weighted by Crippen LogP contribution is 2.33. The second kappa shape index (κ2) is 6.11. The van der Waals surface area contributed by atoms with Crippen LogP contribution in [0.1, 0.15) is 46.0 Å². The number of nitrogens with zero attached hydrogens (tertiary/aromatic N) is 2. The first kappa shape index (κ1) is 13.8. The molecule has 0 aromatic heterocycles. The first-order valence-electron chi connectivity index (χ1n) is 8.51. The number of hydrogen-bond acceptors (Lipinski definition) is 3. The van der Waals surface area contributed by atoms with Gasteiger partial charge in [0.1, 0.15) is 0 Å². The molecule has 19 heavy (non-hydrogen) atoms. The molecule has 0 aromatic carbocycles. The molecule has 3 heterocycles. The lowest BCUT2D eigenvalue weighted by Gasteiger charge is -2.42. The maximum Gasteiger partial charge on any atom is 0.0263 e. The van der Waals surface area contributed by atoms with Crippen LogP contribution in [0.5, 0.6) is 0 Å². The maximum atomic E-state index is 3.74. The van der Waals surface area contributed by atoms with Gasteiger partial charge in [0.05, 0.1) is 0 Å². The third kappa shape index (κ3) is 2.84. The van der Waals surface area contributed by atoms with Gasteiger partial charge < -0.3 is 5.32 Å². The Hall–Kier alpha value is -0.120. The summed E-state index contributed by atoms with van der Waals surface area (Å²) in [5.74, 6) is 0.816. The number of rotatable bonds is 4. The summed E-state index contributed by atoms with van der Waals surface area (Å²) in [5.41, 5.74) is 0. The molecule has 4 unspecified atom stereocenters. The van der Waals surface area contributed by atoms with Crippen LogP contribution in [0.4, 0.5) is 0 Å². The van der Waals surface area contributed by atoms with Crippen molar-refractivity contribution in [1.82, 2.24) is 15.1 Å². The summed E-state index contributed by atoms with van der Waals surface area (Å²) in [6.45, 7) is 11.3. The molecule has 0 radical (unpaired) electrons. The van der Waals surface area contributed by atoms with Crippen LogP contribution in [0.25, 0.3) is 0 Å². The van der Waals surface area contributed by atoms with Crippen LogP contribution in [-0.4, -0.2) is 60.6 Å². The Labute approximate surface area is 118 Å². The average Bonchev–Trinajstić information content (AvgIpc) is 2.99. The maximum absolute atomic E-state index is 3.74. The van der Waals surface area contributed by atoms with E-state index in [1.54, 1.807) is 0 Å². The molecule has 3 nitrogen and oxygen atoms in total. The van der Waals surface area contributed by atoms with E-state index in [1.165, 1.54) is 64.8 Å². The van der Waals surface area contributed by atoms with Gasteiger partial charge in [-0.3, -0.25) is 9.80 Å². The number of hydrogen-bond donors (Lipinski definition) is 1. The van der Waals surface area contributed by atoms with E-state index in [0.717, 1.165) is 24.0 Å². The summed E-state index contributed by atoms with van der Waals surface area (Å²) in [6, 6.07) is 2.53. The van der Waals surface area contributed by atoms with Gasteiger partial charge in [0.2, 0.25) is 0 Å². The molecule has 0 spiro atoms. The molecule has 3 fully saturated rings. The van der Waals surface area contributed by atoms with Crippen LogP contribution in [0, 0.1) is 5.92 Å². The molecule has 0 aromatic rings. The SMILES string of the molecule is CCCNC1CCN(C2CCN3CCCC23)CC1C. The molecule has 0 aliphatic carbocycles. The molecule has 3 rings (SSSR count). The van der Waals surface area contributed by atoms with Crippen LogP contribution in [-0.2, 0) is 0 Å². The second-order valence-corrected chi connectivity index (χ2v) is 6.92. The van der Waals surface area contributed by atoms with E-state index >= 15 is 0 Å². The summed E-state index contributed by atoms with van der Waals surface area (Å²) < 4.78 is 0. The normalized spacial score (nSPS) is 40.7. The Morgan fingerprint density at radius 1 is 1.00 bits per heavy atom. The molecule has 3 saturated heterocycles. The fraction of sp³-hybridized carbons (Fsp3) is 1.00. The molecular weight excluding hydrogens is 234 g/mol. The van der Waals surface area contributed by atoms with Gasteiger partial charge in [-0.15, -0.1) is 0 Å². The van der Waals surface area contributed by atoms with Crippen LogP contribution in [0.15, 0.2) is 0 Å². The van der Waals surface area contributed by atoms with Crippen molar-refractivity contribution in [3.8, 4) is 0 Å². The van der Waals surface area contributed by atoms with Gasteiger partial charge in [0.25, 0.3) is 0 Å². The van der Waals surface area contributed by atoms with Gasteiger partial charge in [-0.05, 0) is 57.7 Å². The zero-order valence-electron chi connectivity index (χ0n) is 12.8. The van der Waals surface area contributed by atoms with Gasteiger partial charge in [0, 0.05) is 31.2 Å². The van der Waals surface area contributed by atoms with Gasteiger partial charge in [-0.25, -0.2) is 0 Å². The summed E-state index contributed by atoms with van der Waals surface area (Å²) in [7, 11) is 0. The van der Waals surface area contributed by atoms with E-state index in [-0.39, 0.29) is 0 Å². The standard InChI is InChI=1S/C16H31N3/c1-3-8-17-14-6-10-19(12-13(14)2)16-7-11-18-9-4-5-15(16)18/h13-17H,3-12H2,1-2H3. The largest absolute Gasteiger partial charge is 0.314 e. The van der Waals surface area contributed by atoms with Crippen LogP contribution >= 0.6 is 0 Å². The highest BCUT2D eigenvalue weighted by atomic mass is 15.3. The molecule has 1 N–H and O–H groups in total.